The SMILES string of the molecule is CCNc1ncnc(NCCCN(C)C(C)C)c1OC. The molecular formula is C14H27N5O. The van der Waals surface area contributed by atoms with E-state index in [1.165, 1.54) is 0 Å². The van der Waals surface area contributed by atoms with Crippen molar-refractivity contribution in [2.24, 2.45) is 0 Å². The number of rotatable bonds is 9. The van der Waals surface area contributed by atoms with Crippen LogP contribution in [0.25, 0.3) is 0 Å². The van der Waals surface area contributed by atoms with Crippen LogP contribution in [0.5, 0.6) is 5.75 Å². The van der Waals surface area contributed by atoms with Crippen LogP contribution >= 0.6 is 0 Å². The Labute approximate surface area is 121 Å². The third-order valence-electron chi connectivity index (χ3n) is 3.21. The summed E-state index contributed by atoms with van der Waals surface area (Å²) in [6.07, 6.45) is 2.60. The number of anilines is 2. The zero-order valence-corrected chi connectivity index (χ0v) is 13.2. The lowest BCUT2D eigenvalue weighted by Crippen LogP contribution is -2.28. The molecule has 1 aromatic rings. The van der Waals surface area contributed by atoms with Crippen molar-refractivity contribution in [3.63, 3.8) is 0 Å². The maximum Gasteiger partial charge on any atom is 0.204 e. The number of hydrogen-bond acceptors (Lipinski definition) is 6. The predicted molar refractivity (Wildman–Crippen MR) is 83.6 cm³/mol. The molecule has 0 saturated carbocycles. The molecule has 0 spiro atoms. The Hall–Kier alpha value is -1.56. The Morgan fingerprint density at radius 3 is 2.45 bits per heavy atom. The Morgan fingerprint density at radius 2 is 1.90 bits per heavy atom. The molecule has 114 valence electrons. The first-order valence-corrected chi connectivity index (χ1v) is 7.17. The summed E-state index contributed by atoms with van der Waals surface area (Å²) in [5.41, 5.74) is 0. The van der Waals surface area contributed by atoms with E-state index in [0.29, 0.717) is 11.8 Å². The molecular weight excluding hydrogens is 254 g/mol. The van der Waals surface area contributed by atoms with Gasteiger partial charge in [0.15, 0.2) is 11.6 Å². The first-order valence-electron chi connectivity index (χ1n) is 7.17. The molecule has 1 rings (SSSR count). The molecule has 2 N–H and O–H groups in total. The van der Waals surface area contributed by atoms with Crippen molar-refractivity contribution in [3.8, 4) is 5.75 Å². The topological polar surface area (TPSA) is 62.3 Å². The highest BCUT2D eigenvalue weighted by Crippen LogP contribution is 2.28. The summed E-state index contributed by atoms with van der Waals surface area (Å²) in [6.45, 7) is 9.13. The lowest BCUT2D eigenvalue weighted by atomic mass is 10.3. The summed E-state index contributed by atoms with van der Waals surface area (Å²) < 4.78 is 5.38. The van der Waals surface area contributed by atoms with E-state index in [1.54, 1.807) is 13.4 Å². The van der Waals surface area contributed by atoms with Gasteiger partial charge in [-0.2, -0.15) is 0 Å². The van der Waals surface area contributed by atoms with Crippen molar-refractivity contribution in [2.45, 2.75) is 33.2 Å². The summed E-state index contributed by atoms with van der Waals surface area (Å²) in [5, 5.41) is 6.48. The monoisotopic (exact) mass is 281 g/mol. The van der Waals surface area contributed by atoms with Crippen LogP contribution in [0.4, 0.5) is 11.6 Å². The number of methoxy groups -OCH3 is 1. The predicted octanol–water partition coefficient (Wildman–Crippen LogP) is 2.06. The highest BCUT2D eigenvalue weighted by atomic mass is 16.5. The third kappa shape index (κ3) is 4.85. The molecule has 0 bridgehead atoms. The zero-order chi connectivity index (χ0) is 15.0. The van der Waals surface area contributed by atoms with Crippen LogP contribution in [-0.4, -0.2) is 54.7 Å². The van der Waals surface area contributed by atoms with Gasteiger partial charge in [-0.3, -0.25) is 0 Å². The molecule has 0 aliphatic rings. The molecule has 0 saturated heterocycles. The van der Waals surface area contributed by atoms with Gasteiger partial charge in [-0.15, -0.1) is 0 Å². The fraction of sp³-hybridized carbons (Fsp3) is 0.714. The van der Waals surface area contributed by atoms with Crippen LogP contribution in [0, 0.1) is 0 Å². The highest BCUT2D eigenvalue weighted by molar-refractivity contribution is 5.63. The maximum atomic E-state index is 5.38. The number of aromatic nitrogens is 2. The first kappa shape index (κ1) is 16.5. The molecule has 20 heavy (non-hydrogen) atoms. The van der Waals surface area contributed by atoms with Gasteiger partial charge in [0.05, 0.1) is 7.11 Å². The number of nitrogens with one attached hydrogen (secondary N) is 2. The molecule has 0 radical (unpaired) electrons. The first-order chi connectivity index (χ1) is 9.60. The summed E-state index contributed by atoms with van der Waals surface area (Å²) in [4.78, 5) is 10.7. The van der Waals surface area contributed by atoms with E-state index >= 15 is 0 Å². The molecule has 1 aromatic heterocycles. The van der Waals surface area contributed by atoms with E-state index in [1.807, 2.05) is 6.92 Å². The van der Waals surface area contributed by atoms with Crippen LogP contribution < -0.4 is 15.4 Å². The summed E-state index contributed by atoms with van der Waals surface area (Å²) in [6, 6.07) is 0.573. The summed E-state index contributed by atoms with van der Waals surface area (Å²) >= 11 is 0. The van der Waals surface area contributed by atoms with E-state index in [4.69, 9.17) is 4.74 Å². The van der Waals surface area contributed by atoms with Crippen molar-refractivity contribution >= 4 is 11.6 Å². The van der Waals surface area contributed by atoms with Crippen LogP contribution in [0.3, 0.4) is 0 Å². The molecule has 0 aromatic carbocycles. The van der Waals surface area contributed by atoms with Gasteiger partial charge in [0.25, 0.3) is 0 Å². The van der Waals surface area contributed by atoms with E-state index < -0.39 is 0 Å². The van der Waals surface area contributed by atoms with Crippen LogP contribution in [0.2, 0.25) is 0 Å². The molecule has 0 fully saturated rings. The van der Waals surface area contributed by atoms with Gasteiger partial charge in [-0.25, -0.2) is 9.97 Å². The van der Waals surface area contributed by atoms with Crippen molar-refractivity contribution in [3.05, 3.63) is 6.33 Å². The van der Waals surface area contributed by atoms with Crippen LogP contribution in [0.1, 0.15) is 27.2 Å². The van der Waals surface area contributed by atoms with Gasteiger partial charge in [0, 0.05) is 19.1 Å². The van der Waals surface area contributed by atoms with Crippen molar-refractivity contribution < 1.29 is 4.74 Å². The lowest BCUT2D eigenvalue weighted by molar-refractivity contribution is 0.273. The highest BCUT2D eigenvalue weighted by Gasteiger charge is 2.11. The van der Waals surface area contributed by atoms with E-state index in [9.17, 15) is 0 Å². The molecule has 6 heteroatoms. The molecule has 0 amide bonds. The van der Waals surface area contributed by atoms with E-state index in [0.717, 1.165) is 37.7 Å². The van der Waals surface area contributed by atoms with Crippen molar-refractivity contribution in [1.82, 2.24) is 14.9 Å². The summed E-state index contributed by atoms with van der Waals surface area (Å²) in [5.74, 6) is 2.14. The Kier molecular flexibility index (Phi) is 7.08. The lowest BCUT2D eigenvalue weighted by Gasteiger charge is -2.21. The van der Waals surface area contributed by atoms with Gasteiger partial charge in [0.2, 0.25) is 5.75 Å². The Balaban J connectivity index is 2.53. The van der Waals surface area contributed by atoms with Gasteiger partial charge in [-0.05, 0) is 40.8 Å². The second kappa shape index (κ2) is 8.58. The minimum absolute atomic E-state index is 0.573. The largest absolute Gasteiger partial charge is 0.490 e. The second-order valence-corrected chi connectivity index (χ2v) is 4.99. The minimum Gasteiger partial charge on any atom is -0.490 e. The average molecular weight is 281 g/mol. The summed E-state index contributed by atoms with van der Waals surface area (Å²) in [7, 11) is 3.77. The number of ether oxygens (including phenoxy) is 1. The fourth-order valence-electron chi connectivity index (χ4n) is 1.78. The molecule has 0 aliphatic carbocycles. The van der Waals surface area contributed by atoms with Gasteiger partial charge >= 0.3 is 0 Å². The van der Waals surface area contributed by atoms with Crippen molar-refractivity contribution in [2.75, 3.05) is 44.4 Å². The van der Waals surface area contributed by atoms with Crippen molar-refractivity contribution in [1.29, 1.82) is 0 Å². The standard InChI is InChI=1S/C14H27N5O/c1-6-15-13-12(20-5)14(18-10-17-13)16-8-7-9-19(4)11(2)3/h10-11H,6-9H2,1-5H3,(H2,15,16,17,18). The third-order valence-corrected chi connectivity index (χ3v) is 3.21. The van der Waals surface area contributed by atoms with Crippen LogP contribution in [0.15, 0.2) is 6.33 Å². The zero-order valence-electron chi connectivity index (χ0n) is 13.2. The minimum atomic E-state index is 0.573. The molecule has 0 aliphatic heterocycles. The Bertz CT molecular complexity index is 397. The van der Waals surface area contributed by atoms with Gasteiger partial charge in [0.1, 0.15) is 6.33 Å². The number of hydrogen-bond donors (Lipinski definition) is 2. The smallest absolute Gasteiger partial charge is 0.204 e. The fourth-order valence-corrected chi connectivity index (χ4v) is 1.78. The molecule has 6 nitrogen and oxygen atoms in total. The quantitative estimate of drug-likeness (QED) is 0.676. The molecule has 0 atom stereocenters. The van der Waals surface area contributed by atoms with Gasteiger partial charge < -0.3 is 20.3 Å². The maximum absolute atomic E-state index is 5.38. The van der Waals surface area contributed by atoms with Gasteiger partial charge in [-0.1, -0.05) is 0 Å². The van der Waals surface area contributed by atoms with Crippen LogP contribution in [-0.2, 0) is 0 Å². The normalized spacial score (nSPS) is 10.9. The number of nitrogens with zero attached hydrogens (tertiary/aromatic N) is 3. The molecule has 1 heterocycles. The second-order valence-electron chi connectivity index (χ2n) is 4.99. The van der Waals surface area contributed by atoms with E-state index in [-0.39, 0.29) is 0 Å². The van der Waals surface area contributed by atoms with E-state index in [2.05, 4.69) is 46.4 Å². The molecule has 0 unspecified atom stereocenters. The average Bonchev–Trinajstić information content (AvgIpc) is 2.43. The Morgan fingerprint density at radius 1 is 1.25 bits per heavy atom.